The van der Waals surface area contributed by atoms with E-state index in [2.05, 4.69) is 13.2 Å². The highest BCUT2D eigenvalue weighted by molar-refractivity contribution is 8.04. The number of rotatable bonds is 14. The Bertz CT molecular complexity index is 2370. The van der Waals surface area contributed by atoms with E-state index in [0.29, 0.717) is 20.5 Å². The Morgan fingerprint density at radius 3 is 2.23 bits per heavy atom. The number of carbonyl (C=O) groups is 3. The number of esters is 1. The summed E-state index contributed by atoms with van der Waals surface area (Å²) in [5, 5.41) is 19.9. The molecular formula is C37H42F3N5O12S3. The molecular weight excluding hydrogens is 860 g/mol. The van der Waals surface area contributed by atoms with E-state index in [1.54, 1.807) is 19.1 Å². The maximum atomic E-state index is 14.2. The Kier molecular flexibility index (Phi) is 12.4. The zero-order valence-corrected chi connectivity index (χ0v) is 34.7. The molecule has 8 rings (SSSR count). The molecule has 1 N–H and O–H groups in total. The fourth-order valence-electron chi connectivity index (χ4n) is 8.32. The molecule has 2 aromatic rings. The van der Waals surface area contributed by atoms with Crippen molar-refractivity contribution in [2.24, 2.45) is 5.92 Å². The number of anilines is 1. The molecule has 326 valence electrons. The second-order valence-corrected chi connectivity index (χ2v) is 19.4. The van der Waals surface area contributed by atoms with Gasteiger partial charge in [-0.25, -0.2) is 26.4 Å². The molecule has 0 saturated carbocycles. The maximum absolute atomic E-state index is 14.2. The Morgan fingerprint density at radius 1 is 1.05 bits per heavy atom. The number of nitrogens with zero attached hydrogens (tertiary/aromatic N) is 4. The number of ether oxygens (including phenoxy) is 3. The molecule has 3 atom stereocenters. The molecule has 17 nitrogen and oxygen atoms in total. The summed E-state index contributed by atoms with van der Waals surface area (Å²) in [5.41, 5.74) is -4.15. The van der Waals surface area contributed by atoms with E-state index < -0.39 is 67.0 Å². The largest absolute Gasteiger partial charge is 0.858 e. The number of carbonyl (C=O) groups excluding carboxylic acids is 3. The van der Waals surface area contributed by atoms with Crippen LogP contribution in [0.4, 0.5) is 23.7 Å². The number of alkyl halides is 3. The van der Waals surface area contributed by atoms with Crippen LogP contribution in [0, 0.1) is 11.3 Å². The number of sulfonamides is 1. The fraction of sp³-hybridized carbons (Fsp3) is 0.459. The van der Waals surface area contributed by atoms with Crippen molar-refractivity contribution in [2.75, 3.05) is 76.4 Å². The van der Waals surface area contributed by atoms with Gasteiger partial charge in [-0.3, -0.25) is 14.0 Å². The molecule has 23 heteroatoms. The Morgan fingerprint density at radius 2 is 1.65 bits per heavy atom. The third-order valence-corrected chi connectivity index (χ3v) is 15.2. The van der Waals surface area contributed by atoms with E-state index in [4.69, 9.17) is 32.6 Å². The zero-order valence-electron chi connectivity index (χ0n) is 32.2. The van der Waals surface area contributed by atoms with Gasteiger partial charge in [-0.2, -0.15) is 13.2 Å². The van der Waals surface area contributed by atoms with Crippen LogP contribution < -0.4 is 9.41 Å². The number of amides is 1. The number of benzene rings is 2. The fourth-order valence-corrected chi connectivity index (χ4v) is 11.6. The summed E-state index contributed by atoms with van der Waals surface area (Å²) >= 11 is 1.18. The second-order valence-electron chi connectivity index (χ2n) is 15.0. The Balaban J connectivity index is 0.000000686. The summed E-state index contributed by atoms with van der Waals surface area (Å²) in [7, 11) is -10.1. The summed E-state index contributed by atoms with van der Waals surface area (Å²) in [6, 6.07) is 9.10. The van der Waals surface area contributed by atoms with E-state index in [1.165, 1.54) is 33.1 Å². The monoisotopic (exact) mass is 901 g/mol. The Labute approximate surface area is 348 Å². The molecule has 4 fully saturated rings. The maximum Gasteiger partial charge on any atom is 0.508 e. The van der Waals surface area contributed by atoms with Crippen molar-refractivity contribution < 1.29 is 77.2 Å². The topological polar surface area (TPSA) is 224 Å². The van der Waals surface area contributed by atoms with Crippen molar-refractivity contribution in [1.29, 1.82) is 5.41 Å². The second kappa shape index (κ2) is 16.6. The van der Waals surface area contributed by atoms with Gasteiger partial charge < -0.3 is 38.2 Å². The van der Waals surface area contributed by atoms with E-state index >= 15 is 0 Å². The normalized spacial score (nSPS) is 25.4. The van der Waals surface area contributed by atoms with Crippen molar-refractivity contribution in [3.05, 3.63) is 71.8 Å². The molecule has 0 radical (unpaired) electrons. The van der Waals surface area contributed by atoms with Crippen LogP contribution in [0.2, 0.25) is 0 Å². The van der Waals surface area contributed by atoms with Crippen LogP contribution in [0.25, 0.3) is 10.8 Å². The minimum Gasteiger partial charge on any atom is -0.858 e. The van der Waals surface area contributed by atoms with Crippen LogP contribution in [-0.2, 0) is 50.4 Å². The van der Waals surface area contributed by atoms with Crippen molar-refractivity contribution in [2.45, 2.75) is 35.2 Å². The molecule has 1 amide bonds. The first-order valence-electron chi connectivity index (χ1n) is 18.6. The number of quaternary nitrogens is 2. The van der Waals surface area contributed by atoms with Crippen LogP contribution in [0.1, 0.15) is 12.5 Å². The molecule has 4 saturated heterocycles. The highest BCUT2D eigenvalue weighted by atomic mass is 32.2. The van der Waals surface area contributed by atoms with E-state index in [1.807, 2.05) is 18.2 Å². The highest BCUT2D eigenvalue weighted by Crippen LogP contribution is 2.53. The van der Waals surface area contributed by atoms with Gasteiger partial charge >= 0.3 is 17.6 Å². The lowest BCUT2D eigenvalue weighted by molar-refractivity contribution is -1.08. The molecule has 6 aliphatic rings. The van der Waals surface area contributed by atoms with Gasteiger partial charge in [0.2, 0.25) is 5.91 Å². The minimum atomic E-state index is -6.09. The number of halogens is 3. The quantitative estimate of drug-likeness (QED) is 0.0420. The highest BCUT2D eigenvalue weighted by Gasteiger charge is 2.59. The summed E-state index contributed by atoms with van der Waals surface area (Å²) in [4.78, 5) is 40.8. The summed E-state index contributed by atoms with van der Waals surface area (Å²) in [6.45, 7) is 15.0. The van der Waals surface area contributed by atoms with Gasteiger partial charge in [-0.15, -0.1) is 0 Å². The zero-order chi connectivity index (χ0) is 44.0. The van der Waals surface area contributed by atoms with Crippen molar-refractivity contribution >= 4 is 72.3 Å². The van der Waals surface area contributed by atoms with Crippen LogP contribution in [0.3, 0.4) is 0 Å². The van der Waals surface area contributed by atoms with Gasteiger partial charge in [0.05, 0.1) is 23.7 Å². The van der Waals surface area contributed by atoms with Crippen molar-refractivity contribution in [3.63, 3.8) is 0 Å². The van der Waals surface area contributed by atoms with E-state index in [9.17, 15) is 41.1 Å². The molecule has 6 heterocycles. The predicted octanol–water partition coefficient (Wildman–Crippen LogP) is 2.14. The number of hydrogen-bond acceptors (Lipinski definition) is 14. The molecule has 2 unspecified atom stereocenters. The molecule has 2 aromatic carbocycles. The number of fused-ring (bicyclic) bond motifs is 4. The SMILES string of the molecule is C=CCOC(=O)O[C@@H](C)C1C(=O)N2C(C(=O)OCC=C)=C(CN3c4cccc5c(CC[N+]67CC[N+](CC(=N)[O-])(CC6)CC7)ccc(c45)S3(=O)=O)SC12.O=S(=O)([O-])C(F)(F)F. The lowest BCUT2D eigenvalue weighted by atomic mass is 9.92. The Hall–Kier alpha value is -4.68. The number of hydrogen-bond donors (Lipinski definition) is 1. The van der Waals surface area contributed by atoms with Crippen LogP contribution >= 0.6 is 11.8 Å². The molecule has 0 aliphatic carbocycles. The number of β-lactam (4-membered cyclic amide) rings is 1. The van der Waals surface area contributed by atoms with Gasteiger partial charge in [0.15, 0.2) is 10.1 Å². The van der Waals surface area contributed by atoms with Gasteiger partial charge in [0, 0.05) is 22.6 Å². The molecule has 2 bridgehead atoms. The average Bonchev–Trinajstić information content (AvgIpc) is 3.61. The number of thioether (sulfide) groups is 1. The standard InChI is InChI=1S/C36H42N5O9S2.CHF3O3S/c1-4-19-48-35(44)32-27(51-34-30(33(43)39(32)34)23(3)50-36(45)49-20-5-2)21-38-26-8-6-7-25-24(9-10-28(31(25)26)52(38,46)47)11-12-40-13-16-41(17-14-40,18-15-40)22-29(37)42;2-1(3,4)8(5,6)7/h4-10,23,30,34H,1-2,11-22H2,3H3,(H-,37,42);(H,5,6,7)/q+1;/p-1/t23-,30?,34?,40?,41?;/m0./s1. The van der Waals surface area contributed by atoms with Crippen LogP contribution in [0.5, 0.6) is 0 Å². The average molecular weight is 902 g/mol. The number of piperazine rings is 3. The first-order chi connectivity index (χ1) is 28.1. The van der Waals surface area contributed by atoms with Crippen LogP contribution in [0.15, 0.2) is 71.1 Å². The lowest BCUT2D eigenvalue weighted by Gasteiger charge is -2.56. The third-order valence-electron chi connectivity index (χ3n) is 11.4. The smallest absolute Gasteiger partial charge is 0.508 e. The molecule has 60 heavy (non-hydrogen) atoms. The summed E-state index contributed by atoms with van der Waals surface area (Å²) in [5.74, 6) is -2.54. The first-order valence-corrected chi connectivity index (χ1v) is 22.3. The van der Waals surface area contributed by atoms with Gasteiger partial charge in [0.25, 0.3) is 10.0 Å². The number of nitrogens with one attached hydrogen (secondary N) is 1. The van der Waals surface area contributed by atoms with Gasteiger partial charge in [0.1, 0.15) is 82.1 Å². The van der Waals surface area contributed by atoms with E-state index in [-0.39, 0.29) is 36.9 Å². The molecule has 0 aromatic heterocycles. The summed E-state index contributed by atoms with van der Waals surface area (Å²) in [6.07, 6.45) is 1.70. The van der Waals surface area contributed by atoms with Crippen LogP contribution in [-0.4, -0.2) is 148 Å². The molecule has 6 aliphatic heterocycles. The van der Waals surface area contributed by atoms with Crippen molar-refractivity contribution in [3.8, 4) is 0 Å². The van der Waals surface area contributed by atoms with E-state index in [0.717, 1.165) is 67.7 Å². The predicted molar refractivity (Wildman–Crippen MR) is 207 cm³/mol. The van der Waals surface area contributed by atoms with Gasteiger partial charge in [-0.05, 0) is 30.0 Å². The third kappa shape index (κ3) is 8.46. The minimum absolute atomic E-state index is 0.0368. The van der Waals surface area contributed by atoms with Crippen molar-refractivity contribution in [1.82, 2.24) is 4.90 Å². The lowest BCUT2D eigenvalue weighted by Crippen LogP contribution is -2.76. The molecule has 0 spiro atoms. The first kappa shape index (κ1) is 44.9. The van der Waals surface area contributed by atoms with Gasteiger partial charge in [-0.1, -0.05) is 55.3 Å². The summed E-state index contributed by atoms with van der Waals surface area (Å²) < 4.78 is 106.